The van der Waals surface area contributed by atoms with Gasteiger partial charge in [0.1, 0.15) is 6.10 Å². The molecule has 4 unspecified atom stereocenters. The molecule has 274 valence electrons. The third-order valence-corrected chi connectivity index (χ3v) is 16.9. The third-order valence-electron chi connectivity index (χ3n) is 16.9. The van der Waals surface area contributed by atoms with Crippen molar-refractivity contribution in [3.05, 3.63) is 42.2 Å². The minimum absolute atomic E-state index is 0.0289. The molecule has 1 heterocycles. The van der Waals surface area contributed by atoms with E-state index in [2.05, 4.69) is 58.4 Å². The lowest BCUT2D eigenvalue weighted by atomic mass is 9.32. The van der Waals surface area contributed by atoms with E-state index < -0.39 is 11.9 Å². The summed E-state index contributed by atoms with van der Waals surface area (Å²) in [6, 6.07) is 3.65. The Morgan fingerprint density at radius 2 is 1.56 bits per heavy atom. The van der Waals surface area contributed by atoms with Gasteiger partial charge in [0.25, 0.3) is 5.91 Å². The number of nitrogens with one attached hydrogen (secondary N) is 1. The maximum atomic E-state index is 13.7. The van der Waals surface area contributed by atoms with Crippen molar-refractivity contribution in [3.63, 3.8) is 0 Å². The Bertz CT molecular complexity index is 1520. The van der Waals surface area contributed by atoms with Crippen molar-refractivity contribution >= 4 is 17.8 Å². The molecule has 7 nitrogen and oxygen atoms in total. The van der Waals surface area contributed by atoms with Crippen LogP contribution < -0.4 is 5.32 Å². The lowest BCUT2D eigenvalue weighted by molar-refractivity contribution is -0.246. The zero-order valence-electron chi connectivity index (χ0n) is 31.6. The molecule has 1 amide bonds. The largest absolute Gasteiger partial charge is 0.481 e. The summed E-state index contributed by atoms with van der Waals surface area (Å²) in [7, 11) is 0. The summed E-state index contributed by atoms with van der Waals surface area (Å²) in [6.07, 6.45) is 16.7. The van der Waals surface area contributed by atoms with E-state index in [1.165, 1.54) is 24.8 Å². The molecule has 0 aliphatic heterocycles. The van der Waals surface area contributed by atoms with E-state index in [-0.39, 0.29) is 51.1 Å². The van der Waals surface area contributed by atoms with Crippen molar-refractivity contribution in [2.75, 3.05) is 0 Å². The van der Waals surface area contributed by atoms with Gasteiger partial charge in [-0.3, -0.25) is 19.4 Å². The van der Waals surface area contributed by atoms with Crippen LogP contribution in [0.2, 0.25) is 0 Å². The van der Waals surface area contributed by atoms with Gasteiger partial charge < -0.3 is 15.2 Å². The molecular formula is C43H62N2O5. The van der Waals surface area contributed by atoms with Crippen molar-refractivity contribution in [1.29, 1.82) is 0 Å². The van der Waals surface area contributed by atoms with Crippen LogP contribution in [0.5, 0.6) is 0 Å². The third kappa shape index (κ3) is 5.32. The molecule has 7 rings (SSSR count). The topological polar surface area (TPSA) is 106 Å². The van der Waals surface area contributed by atoms with Crippen molar-refractivity contribution in [2.24, 2.45) is 63.1 Å². The number of hydrogen-bond donors (Lipinski definition) is 2. The van der Waals surface area contributed by atoms with Crippen LogP contribution in [0.1, 0.15) is 142 Å². The Hall–Kier alpha value is -2.70. The first-order valence-corrected chi connectivity index (χ1v) is 19.9. The van der Waals surface area contributed by atoms with Crippen LogP contribution in [-0.2, 0) is 14.3 Å². The fourth-order valence-electron chi connectivity index (χ4n) is 14.2. The molecule has 12 atom stereocenters. The molecule has 50 heavy (non-hydrogen) atoms. The minimum atomic E-state index is -0.786. The highest BCUT2D eigenvalue weighted by molar-refractivity contribution is 5.94. The molecule has 7 heteroatoms. The van der Waals surface area contributed by atoms with Crippen LogP contribution >= 0.6 is 0 Å². The smallest absolute Gasteiger partial charge is 0.309 e. The zero-order valence-corrected chi connectivity index (χ0v) is 31.6. The van der Waals surface area contributed by atoms with Crippen LogP contribution in [0.15, 0.2) is 36.7 Å². The molecule has 2 N–H and O–H groups in total. The van der Waals surface area contributed by atoms with Gasteiger partial charge in [-0.15, -0.1) is 0 Å². The van der Waals surface area contributed by atoms with Crippen LogP contribution in [0.4, 0.5) is 0 Å². The number of pyridine rings is 1. The molecule has 6 saturated carbocycles. The first-order chi connectivity index (χ1) is 23.6. The van der Waals surface area contributed by atoms with E-state index in [1.807, 2.05) is 12.1 Å². The lowest BCUT2D eigenvalue weighted by Gasteiger charge is -2.73. The van der Waals surface area contributed by atoms with E-state index >= 15 is 0 Å². The highest BCUT2D eigenvalue weighted by Crippen LogP contribution is 2.76. The lowest BCUT2D eigenvalue weighted by Crippen LogP contribution is -2.69. The quantitative estimate of drug-likeness (QED) is 0.229. The summed E-state index contributed by atoms with van der Waals surface area (Å²) in [5, 5.41) is 13.3. The number of ether oxygens (including phenoxy) is 1. The molecule has 6 fully saturated rings. The Morgan fingerprint density at radius 3 is 2.26 bits per heavy atom. The van der Waals surface area contributed by atoms with Crippen LogP contribution in [-0.4, -0.2) is 39.6 Å². The molecule has 0 spiro atoms. The first kappa shape index (κ1) is 35.7. The van der Waals surface area contributed by atoms with Crippen molar-refractivity contribution in [1.82, 2.24) is 10.3 Å². The van der Waals surface area contributed by atoms with Gasteiger partial charge >= 0.3 is 11.9 Å². The second-order valence-electron chi connectivity index (χ2n) is 19.2. The number of hydrogen-bond acceptors (Lipinski definition) is 5. The van der Waals surface area contributed by atoms with Crippen LogP contribution in [0.25, 0.3) is 0 Å². The van der Waals surface area contributed by atoms with Gasteiger partial charge in [0.15, 0.2) is 0 Å². The second-order valence-corrected chi connectivity index (χ2v) is 19.2. The standard InChI is InChI=1S/C43H62N2O5/c1-26(2)30-13-20-43(45-36(46)27-16-23-44-24-17-27)22-21-41(6)31(35(30)43)11-12-33-40(5)18-15-34(39(3,4)32(40)14-19-42(33,41)7)50-38(49)29-10-8-9-28(25-29)37(47)48/h16-17,23-24,28-35H,1,8-15,18-22,25H2,2-7H3,(H,45,46)(H,47,48)/t28-,29+,30+,31?,32+,33-,34?,35-,40?,41-,42?,43+/m1/s1. The van der Waals surface area contributed by atoms with Crippen LogP contribution in [0, 0.1) is 63.1 Å². The highest BCUT2D eigenvalue weighted by atomic mass is 16.5. The van der Waals surface area contributed by atoms with E-state index in [9.17, 15) is 19.5 Å². The van der Waals surface area contributed by atoms with Gasteiger partial charge in [0.2, 0.25) is 0 Å². The number of aromatic nitrogens is 1. The van der Waals surface area contributed by atoms with E-state index in [4.69, 9.17) is 4.74 Å². The van der Waals surface area contributed by atoms with Crippen LogP contribution in [0.3, 0.4) is 0 Å². The summed E-state index contributed by atoms with van der Waals surface area (Å²) in [5.41, 5.74) is 2.09. The SMILES string of the molecule is C=C(C)[C@@H]1CC[C@]2(NC(=O)c3ccncc3)CC[C@]3(C)C(CC[C@@H]4C5(C)CCC(OC(=O)[C@H]6CCC[C@@H](C(=O)O)C6)C(C)(C)[C@@H]5CCC43C)[C@@H]12. The van der Waals surface area contributed by atoms with Gasteiger partial charge in [-0.1, -0.05) is 53.2 Å². The van der Waals surface area contributed by atoms with Gasteiger partial charge in [0, 0.05) is 28.9 Å². The highest BCUT2D eigenvalue weighted by Gasteiger charge is 2.71. The summed E-state index contributed by atoms with van der Waals surface area (Å²) in [6.45, 7) is 19.3. The average Bonchev–Trinajstić information content (AvgIpc) is 3.46. The monoisotopic (exact) mass is 686 g/mol. The molecule has 6 aliphatic rings. The Balaban J connectivity index is 1.13. The van der Waals surface area contributed by atoms with Gasteiger partial charge in [-0.25, -0.2) is 0 Å². The number of amides is 1. The Kier molecular flexibility index (Phi) is 8.90. The number of rotatable bonds is 6. The number of carbonyl (C=O) groups is 3. The number of carboxylic acid groups (broad SMARTS) is 1. The maximum Gasteiger partial charge on any atom is 0.309 e. The molecule has 0 bridgehead atoms. The molecule has 6 aliphatic carbocycles. The number of allylic oxidation sites excluding steroid dienone is 1. The number of carboxylic acids is 1. The Morgan fingerprint density at radius 1 is 0.840 bits per heavy atom. The molecule has 0 radical (unpaired) electrons. The number of nitrogens with zero attached hydrogens (tertiary/aromatic N) is 1. The van der Waals surface area contributed by atoms with Gasteiger partial charge in [0.05, 0.1) is 11.8 Å². The van der Waals surface area contributed by atoms with Gasteiger partial charge in [-0.05, 0) is 148 Å². The fourth-order valence-corrected chi connectivity index (χ4v) is 14.2. The Labute approximate surface area is 300 Å². The van der Waals surface area contributed by atoms with E-state index in [0.29, 0.717) is 48.0 Å². The van der Waals surface area contributed by atoms with Crippen molar-refractivity contribution in [3.8, 4) is 0 Å². The summed E-state index contributed by atoms with van der Waals surface area (Å²) in [5.74, 6) is 0.709. The number of esters is 1. The molecule has 0 aromatic carbocycles. The second kappa shape index (κ2) is 12.5. The first-order valence-electron chi connectivity index (χ1n) is 19.9. The van der Waals surface area contributed by atoms with Gasteiger partial charge in [-0.2, -0.15) is 0 Å². The molecular weight excluding hydrogens is 624 g/mol. The molecule has 0 saturated heterocycles. The fraction of sp³-hybridized carbons (Fsp3) is 0.767. The molecule has 1 aromatic rings. The number of carbonyl (C=O) groups excluding carboxylic acids is 2. The average molecular weight is 687 g/mol. The number of aliphatic carboxylic acids is 1. The predicted molar refractivity (Wildman–Crippen MR) is 194 cm³/mol. The van der Waals surface area contributed by atoms with Crippen molar-refractivity contribution in [2.45, 2.75) is 143 Å². The number of fused-ring (bicyclic) bond motifs is 7. The van der Waals surface area contributed by atoms with Crippen molar-refractivity contribution < 1.29 is 24.2 Å². The van der Waals surface area contributed by atoms with E-state index in [1.54, 1.807) is 12.4 Å². The predicted octanol–water partition coefficient (Wildman–Crippen LogP) is 9.02. The van der Waals surface area contributed by atoms with E-state index in [0.717, 1.165) is 57.8 Å². The maximum absolute atomic E-state index is 13.7. The zero-order chi connectivity index (χ0) is 35.9. The minimum Gasteiger partial charge on any atom is -0.481 e. The summed E-state index contributed by atoms with van der Waals surface area (Å²) >= 11 is 0. The normalized spacial score (nSPS) is 44.8. The summed E-state index contributed by atoms with van der Waals surface area (Å²) in [4.78, 5) is 43.1. The molecule has 1 aromatic heterocycles. The summed E-state index contributed by atoms with van der Waals surface area (Å²) < 4.78 is 6.41.